The summed E-state index contributed by atoms with van der Waals surface area (Å²) in [6.07, 6.45) is 0. The Balaban J connectivity index is 2.16. The van der Waals surface area contributed by atoms with Gasteiger partial charge in [0.15, 0.2) is 0 Å². The Morgan fingerprint density at radius 2 is 2.24 bits per heavy atom. The second-order valence-corrected chi connectivity index (χ2v) is 5.91. The van der Waals surface area contributed by atoms with Crippen LogP contribution < -0.4 is 5.32 Å². The molecule has 0 saturated carbocycles. The Bertz CT molecular complexity index is 460. The normalized spacial score (nSPS) is 22.5. The maximum absolute atomic E-state index is 11.7. The van der Waals surface area contributed by atoms with Crippen molar-refractivity contribution in [3.05, 3.63) is 21.3 Å². The third kappa shape index (κ3) is 2.45. The van der Waals surface area contributed by atoms with Crippen LogP contribution in [0.1, 0.15) is 24.8 Å². The molecule has 2 atom stereocenters. The average Bonchev–Trinajstić information content (AvgIpc) is 2.69. The van der Waals surface area contributed by atoms with E-state index in [0.717, 1.165) is 4.88 Å². The minimum absolute atomic E-state index is 0.0666. The number of amides is 3. The molecule has 1 aromatic rings. The molecule has 1 N–H and O–H groups in total. The number of hydrogen-bond donors (Lipinski definition) is 1. The van der Waals surface area contributed by atoms with Crippen molar-refractivity contribution in [2.75, 3.05) is 6.54 Å². The summed E-state index contributed by atoms with van der Waals surface area (Å²) in [6, 6.07) is 3.33. The van der Waals surface area contributed by atoms with E-state index in [1.165, 1.54) is 11.3 Å². The van der Waals surface area contributed by atoms with Crippen molar-refractivity contribution in [2.24, 2.45) is 5.92 Å². The molecule has 0 radical (unpaired) electrons. The molecule has 17 heavy (non-hydrogen) atoms. The van der Waals surface area contributed by atoms with Gasteiger partial charge in [-0.1, -0.05) is 18.5 Å². The maximum Gasteiger partial charge on any atom is 0.324 e. The lowest BCUT2D eigenvalue weighted by molar-refractivity contribution is -0.125. The highest BCUT2D eigenvalue weighted by Crippen LogP contribution is 2.31. The van der Waals surface area contributed by atoms with Crippen LogP contribution in [0.2, 0.25) is 4.34 Å². The van der Waals surface area contributed by atoms with Gasteiger partial charge >= 0.3 is 6.03 Å². The summed E-state index contributed by atoms with van der Waals surface area (Å²) in [6.45, 7) is 4.19. The monoisotopic (exact) mass is 272 g/mol. The number of urea groups is 1. The predicted octanol–water partition coefficient (Wildman–Crippen LogP) is 2.65. The number of nitrogens with one attached hydrogen (secondary N) is 1. The first-order valence-corrected chi connectivity index (χ1v) is 6.55. The third-order valence-corrected chi connectivity index (χ3v) is 4.28. The van der Waals surface area contributed by atoms with Crippen molar-refractivity contribution in [3.8, 4) is 0 Å². The van der Waals surface area contributed by atoms with E-state index < -0.39 is 0 Å². The van der Waals surface area contributed by atoms with Crippen molar-refractivity contribution < 1.29 is 9.59 Å². The molecule has 1 aliphatic rings. The van der Waals surface area contributed by atoms with Gasteiger partial charge < -0.3 is 4.90 Å². The Kier molecular flexibility index (Phi) is 3.40. The van der Waals surface area contributed by atoms with Crippen LogP contribution in [-0.2, 0) is 4.79 Å². The smallest absolute Gasteiger partial charge is 0.316 e. The van der Waals surface area contributed by atoms with Gasteiger partial charge in [0.05, 0.1) is 16.3 Å². The van der Waals surface area contributed by atoms with Crippen LogP contribution in [0.15, 0.2) is 12.1 Å². The highest BCUT2D eigenvalue weighted by Gasteiger charge is 2.32. The SMILES string of the molecule is CC1CN(C(C)c2ccc(Cl)s2)C(=O)NC1=O. The largest absolute Gasteiger partial charge is 0.324 e. The minimum Gasteiger partial charge on any atom is -0.316 e. The molecule has 0 bridgehead atoms. The Morgan fingerprint density at radius 1 is 1.53 bits per heavy atom. The average molecular weight is 273 g/mol. The number of hydrogen-bond acceptors (Lipinski definition) is 3. The molecular weight excluding hydrogens is 260 g/mol. The third-order valence-electron chi connectivity index (χ3n) is 2.88. The molecule has 0 aliphatic carbocycles. The van der Waals surface area contributed by atoms with Crippen LogP contribution >= 0.6 is 22.9 Å². The Labute approximate surface area is 109 Å². The fourth-order valence-electron chi connectivity index (χ4n) is 1.80. The van der Waals surface area contributed by atoms with E-state index >= 15 is 0 Å². The molecule has 1 aliphatic heterocycles. The quantitative estimate of drug-likeness (QED) is 0.900. The zero-order chi connectivity index (χ0) is 12.6. The van der Waals surface area contributed by atoms with Crippen LogP contribution in [0.3, 0.4) is 0 Å². The van der Waals surface area contributed by atoms with Gasteiger partial charge in [-0.05, 0) is 19.1 Å². The number of imide groups is 1. The van der Waals surface area contributed by atoms with Gasteiger partial charge in [-0.3, -0.25) is 10.1 Å². The Morgan fingerprint density at radius 3 is 2.82 bits per heavy atom. The molecule has 92 valence electrons. The first kappa shape index (κ1) is 12.4. The molecule has 2 heterocycles. The van der Waals surface area contributed by atoms with Crippen molar-refractivity contribution in [3.63, 3.8) is 0 Å². The fraction of sp³-hybridized carbons (Fsp3) is 0.455. The molecule has 1 fully saturated rings. The lowest BCUT2D eigenvalue weighted by Crippen LogP contribution is -2.54. The van der Waals surface area contributed by atoms with Gasteiger partial charge in [-0.2, -0.15) is 0 Å². The summed E-state index contributed by atoms with van der Waals surface area (Å²) in [7, 11) is 0. The summed E-state index contributed by atoms with van der Waals surface area (Å²) >= 11 is 7.33. The summed E-state index contributed by atoms with van der Waals surface area (Å²) in [5.74, 6) is -0.381. The van der Waals surface area contributed by atoms with E-state index in [0.29, 0.717) is 10.9 Å². The highest BCUT2D eigenvalue weighted by atomic mass is 35.5. The number of rotatable bonds is 2. The van der Waals surface area contributed by atoms with Crippen LogP contribution in [0.4, 0.5) is 4.79 Å². The van der Waals surface area contributed by atoms with Crippen molar-refractivity contribution in [2.45, 2.75) is 19.9 Å². The summed E-state index contributed by atoms with van der Waals surface area (Å²) in [5, 5.41) is 2.36. The number of halogens is 1. The molecule has 0 spiro atoms. The van der Waals surface area contributed by atoms with E-state index in [9.17, 15) is 9.59 Å². The zero-order valence-corrected chi connectivity index (χ0v) is 11.1. The van der Waals surface area contributed by atoms with Gasteiger partial charge in [-0.25, -0.2) is 4.79 Å². The van der Waals surface area contributed by atoms with E-state index in [4.69, 9.17) is 11.6 Å². The first-order valence-electron chi connectivity index (χ1n) is 5.35. The van der Waals surface area contributed by atoms with Gasteiger partial charge in [0.1, 0.15) is 0 Å². The minimum atomic E-state index is -0.329. The number of nitrogens with zero attached hydrogens (tertiary/aromatic N) is 1. The molecule has 0 aromatic carbocycles. The molecule has 2 unspecified atom stereocenters. The van der Waals surface area contributed by atoms with E-state index in [1.54, 1.807) is 4.90 Å². The first-order chi connectivity index (χ1) is 7.99. The fourth-order valence-corrected chi connectivity index (χ4v) is 2.93. The topological polar surface area (TPSA) is 49.4 Å². The van der Waals surface area contributed by atoms with Crippen LogP contribution in [0.25, 0.3) is 0 Å². The Hall–Kier alpha value is -1.07. The standard InChI is InChI=1S/C11H13ClN2O2S/c1-6-5-14(11(16)13-10(6)15)7(2)8-3-4-9(12)17-8/h3-4,6-7H,5H2,1-2H3,(H,13,15,16). The molecule has 1 saturated heterocycles. The van der Waals surface area contributed by atoms with E-state index in [-0.39, 0.29) is 23.9 Å². The van der Waals surface area contributed by atoms with Crippen molar-refractivity contribution in [1.82, 2.24) is 10.2 Å². The lowest BCUT2D eigenvalue weighted by Gasteiger charge is -2.34. The van der Waals surface area contributed by atoms with Crippen LogP contribution in [0.5, 0.6) is 0 Å². The van der Waals surface area contributed by atoms with Crippen molar-refractivity contribution >= 4 is 34.9 Å². The summed E-state index contributed by atoms with van der Waals surface area (Å²) in [5.41, 5.74) is 0. The van der Waals surface area contributed by atoms with Gasteiger partial charge in [0.2, 0.25) is 5.91 Å². The van der Waals surface area contributed by atoms with Crippen LogP contribution in [-0.4, -0.2) is 23.4 Å². The van der Waals surface area contributed by atoms with Crippen LogP contribution in [0, 0.1) is 5.92 Å². The summed E-state index contributed by atoms with van der Waals surface area (Å²) < 4.78 is 0.702. The molecule has 3 amide bonds. The van der Waals surface area contributed by atoms with E-state index in [1.807, 2.05) is 26.0 Å². The van der Waals surface area contributed by atoms with Gasteiger partial charge in [-0.15, -0.1) is 11.3 Å². The lowest BCUT2D eigenvalue weighted by atomic mass is 10.1. The van der Waals surface area contributed by atoms with E-state index in [2.05, 4.69) is 5.32 Å². The molecular formula is C11H13ClN2O2S. The molecule has 2 rings (SSSR count). The van der Waals surface area contributed by atoms with Crippen molar-refractivity contribution in [1.29, 1.82) is 0 Å². The van der Waals surface area contributed by atoms with Gasteiger partial charge in [0, 0.05) is 11.4 Å². The predicted molar refractivity (Wildman–Crippen MR) is 67.2 cm³/mol. The molecule has 1 aromatic heterocycles. The second-order valence-electron chi connectivity index (χ2n) is 4.17. The number of carbonyl (C=O) groups is 2. The molecule has 6 heteroatoms. The number of carbonyl (C=O) groups excluding carboxylic acids is 2. The van der Waals surface area contributed by atoms with Gasteiger partial charge in [0.25, 0.3) is 0 Å². The maximum atomic E-state index is 11.7. The molecule has 4 nitrogen and oxygen atoms in total. The number of thiophene rings is 1. The summed E-state index contributed by atoms with van der Waals surface area (Å²) in [4.78, 5) is 25.8. The second kappa shape index (κ2) is 4.66. The highest BCUT2D eigenvalue weighted by molar-refractivity contribution is 7.16. The zero-order valence-electron chi connectivity index (χ0n) is 9.57.